The highest BCUT2D eigenvalue weighted by atomic mass is 14.9. The van der Waals surface area contributed by atoms with Crippen molar-refractivity contribution in [3.8, 4) is 0 Å². The second-order valence-corrected chi connectivity index (χ2v) is 4.20. The van der Waals surface area contributed by atoms with Crippen LogP contribution in [-0.2, 0) is 6.42 Å². The standard InChI is InChI=1S/C12H18N2/c1-9(2)14-11-5-6-12-10(8-11)4-3-7-13-12/h5-6,8-9,13-14H,3-4,7H2,1-2H3. The number of anilines is 2. The number of hydrogen-bond donors (Lipinski definition) is 2. The van der Waals surface area contributed by atoms with Gasteiger partial charge in [0.2, 0.25) is 0 Å². The molecular formula is C12H18N2. The van der Waals surface area contributed by atoms with Crippen molar-refractivity contribution in [3.05, 3.63) is 23.8 Å². The molecule has 0 spiro atoms. The molecule has 2 rings (SSSR count). The lowest BCUT2D eigenvalue weighted by atomic mass is 10.0. The summed E-state index contributed by atoms with van der Waals surface area (Å²) in [5.74, 6) is 0. The van der Waals surface area contributed by atoms with E-state index in [0.29, 0.717) is 6.04 Å². The minimum Gasteiger partial charge on any atom is -0.385 e. The van der Waals surface area contributed by atoms with E-state index >= 15 is 0 Å². The molecule has 1 aromatic carbocycles. The van der Waals surface area contributed by atoms with E-state index in [1.807, 2.05) is 0 Å². The molecule has 76 valence electrons. The summed E-state index contributed by atoms with van der Waals surface area (Å²) < 4.78 is 0. The molecule has 0 saturated carbocycles. The molecule has 14 heavy (non-hydrogen) atoms. The maximum Gasteiger partial charge on any atom is 0.0374 e. The molecule has 2 N–H and O–H groups in total. The van der Waals surface area contributed by atoms with Crippen LogP contribution >= 0.6 is 0 Å². The molecule has 1 aliphatic rings. The van der Waals surface area contributed by atoms with Crippen LogP contribution in [0.1, 0.15) is 25.8 Å². The maximum absolute atomic E-state index is 3.43. The Kier molecular flexibility index (Phi) is 2.62. The fourth-order valence-corrected chi connectivity index (χ4v) is 1.90. The summed E-state index contributed by atoms with van der Waals surface area (Å²) >= 11 is 0. The predicted octanol–water partition coefficient (Wildman–Crippen LogP) is 2.87. The first kappa shape index (κ1) is 9.38. The van der Waals surface area contributed by atoms with Gasteiger partial charge in [-0.2, -0.15) is 0 Å². The van der Waals surface area contributed by atoms with Crippen molar-refractivity contribution in [2.45, 2.75) is 32.7 Å². The van der Waals surface area contributed by atoms with Gasteiger partial charge in [0.15, 0.2) is 0 Å². The molecule has 1 heterocycles. The molecule has 0 fully saturated rings. The quantitative estimate of drug-likeness (QED) is 0.749. The Hall–Kier alpha value is -1.18. The van der Waals surface area contributed by atoms with Crippen LogP contribution in [0.25, 0.3) is 0 Å². The van der Waals surface area contributed by atoms with Gasteiger partial charge in [-0.05, 0) is 50.5 Å². The number of rotatable bonds is 2. The first-order chi connectivity index (χ1) is 6.75. The van der Waals surface area contributed by atoms with Gasteiger partial charge in [-0.3, -0.25) is 0 Å². The van der Waals surface area contributed by atoms with Gasteiger partial charge in [0.1, 0.15) is 0 Å². The average molecular weight is 190 g/mol. The van der Waals surface area contributed by atoms with Gasteiger partial charge in [-0.1, -0.05) is 0 Å². The number of hydrogen-bond acceptors (Lipinski definition) is 2. The molecule has 1 aliphatic heterocycles. The van der Waals surface area contributed by atoms with Crippen molar-refractivity contribution in [3.63, 3.8) is 0 Å². The molecule has 1 aromatic rings. The van der Waals surface area contributed by atoms with E-state index in [9.17, 15) is 0 Å². The van der Waals surface area contributed by atoms with Crippen molar-refractivity contribution in [1.82, 2.24) is 0 Å². The Morgan fingerprint density at radius 2 is 2.21 bits per heavy atom. The Bertz CT molecular complexity index is 318. The normalized spacial score (nSPS) is 14.8. The third-order valence-electron chi connectivity index (χ3n) is 2.50. The highest BCUT2D eigenvalue weighted by Crippen LogP contribution is 2.25. The van der Waals surface area contributed by atoms with Crippen molar-refractivity contribution < 1.29 is 0 Å². The third kappa shape index (κ3) is 2.00. The first-order valence-corrected chi connectivity index (χ1v) is 5.39. The average Bonchev–Trinajstić information content (AvgIpc) is 2.17. The number of nitrogens with one attached hydrogen (secondary N) is 2. The van der Waals surface area contributed by atoms with E-state index in [0.717, 1.165) is 6.54 Å². The largest absolute Gasteiger partial charge is 0.385 e. The monoisotopic (exact) mass is 190 g/mol. The Labute approximate surface area is 85.7 Å². The molecule has 2 nitrogen and oxygen atoms in total. The lowest BCUT2D eigenvalue weighted by molar-refractivity contribution is 0.828. The van der Waals surface area contributed by atoms with Gasteiger partial charge in [-0.25, -0.2) is 0 Å². The summed E-state index contributed by atoms with van der Waals surface area (Å²) in [6.45, 7) is 5.44. The van der Waals surface area contributed by atoms with Crippen molar-refractivity contribution >= 4 is 11.4 Å². The van der Waals surface area contributed by atoms with Crippen LogP contribution in [0.3, 0.4) is 0 Å². The van der Waals surface area contributed by atoms with Crippen LogP contribution < -0.4 is 10.6 Å². The van der Waals surface area contributed by atoms with Gasteiger partial charge in [0.25, 0.3) is 0 Å². The fraction of sp³-hybridized carbons (Fsp3) is 0.500. The summed E-state index contributed by atoms with van der Waals surface area (Å²) in [6, 6.07) is 7.10. The van der Waals surface area contributed by atoms with E-state index in [1.54, 1.807) is 0 Å². The highest BCUT2D eigenvalue weighted by Gasteiger charge is 2.08. The smallest absolute Gasteiger partial charge is 0.0374 e. The van der Waals surface area contributed by atoms with E-state index in [-0.39, 0.29) is 0 Å². The number of fused-ring (bicyclic) bond motifs is 1. The summed E-state index contributed by atoms with van der Waals surface area (Å²) in [6.07, 6.45) is 2.45. The van der Waals surface area contributed by atoms with Crippen LogP contribution in [-0.4, -0.2) is 12.6 Å². The van der Waals surface area contributed by atoms with Crippen LogP contribution in [0.2, 0.25) is 0 Å². The summed E-state index contributed by atoms with van der Waals surface area (Å²) in [4.78, 5) is 0. The Morgan fingerprint density at radius 3 is 3.00 bits per heavy atom. The minimum absolute atomic E-state index is 0.504. The lowest BCUT2D eigenvalue weighted by Crippen LogP contribution is -2.13. The van der Waals surface area contributed by atoms with Crippen LogP contribution in [0.5, 0.6) is 0 Å². The summed E-state index contributed by atoms with van der Waals surface area (Å²) in [5.41, 5.74) is 4.00. The fourth-order valence-electron chi connectivity index (χ4n) is 1.90. The second-order valence-electron chi connectivity index (χ2n) is 4.20. The topological polar surface area (TPSA) is 24.1 Å². The zero-order valence-corrected chi connectivity index (χ0v) is 8.93. The zero-order chi connectivity index (χ0) is 9.97. The molecule has 0 aromatic heterocycles. The minimum atomic E-state index is 0.504. The molecule has 0 radical (unpaired) electrons. The third-order valence-corrected chi connectivity index (χ3v) is 2.50. The molecule has 0 bridgehead atoms. The highest BCUT2D eigenvalue weighted by molar-refractivity contribution is 5.60. The van der Waals surface area contributed by atoms with Crippen molar-refractivity contribution in [2.75, 3.05) is 17.2 Å². The molecule has 0 unspecified atom stereocenters. The zero-order valence-electron chi connectivity index (χ0n) is 8.93. The number of aryl methyl sites for hydroxylation is 1. The molecular weight excluding hydrogens is 172 g/mol. The second kappa shape index (κ2) is 3.91. The maximum atomic E-state index is 3.43. The van der Waals surface area contributed by atoms with E-state index in [4.69, 9.17) is 0 Å². The van der Waals surface area contributed by atoms with Crippen molar-refractivity contribution in [1.29, 1.82) is 0 Å². The van der Waals surface area contributed by atoms with Crippen molar-refractivity contribution in [2.24, 2.45) is 0 Å². The molecule has 2 heteroatoms. The van der Waals surface area contributed by atoms with E-state index in [1.165, 1.54) is 29.8 Å². The number of benzene rings is 1. The Morgan fingerprint density at radius 1 is 1.36 bits per heavy atom. The first-order valence-electron chi connectivity index (χ1n) is 5.39. The predicted molar refractivity (Wildman–Crippen MR) is 62.0 cm³/mol. The summed E-state index contributed by atoms with van der Waals surface area (Å²) in [7, 11) is 0. The van der Waals surface area contributed by atoms with E-state index in [2.05, 4.69) is 42.7 Å². The van der Waals surface area contributed by atoms with Gasteiger partial charge in [0.05, 0.1) is 0 Å². The SMILES string of the molecule is CC(C)Nc1ccc2c(c1)CCCN2. The van der Waals surface area contributed by atoms with Gasteiger partial charge >= 0.3 is 0 Å². The molecule has 0 aliphatic carbocycles. The van der Waals surface area contributed by atoms with Crippen LogP contribution in [0.15, 0.2) is 18.2 Å². The van der Waals surface area contributed by atoms with Gasteiger partial charge in [0, 0.05) is 24.0 Å². The van der Waals surface area contributed by atoms with E-state index < -0.39 is 0 Å². The van der Waals surface area contributed by atoms with Gasteiger partial charge < -0.3 is 10.6 Å². The lowest BCUT2D eigenvalue weighted by Gasteiger charge is -2.19. The molecule has 0 saturated heterocycles. The van der Waals surface area contributed by atoms with Crippen LogP contribution in [0.4, 0.5) is 11.4 Å². The molecule has 0 amide bonds. The molecule has 0 atom stereocenters. The Balaban J connectivity index is 2.20. The summed E-state index contributed by atoms with van der Waals surface area (Å²) in [5, 5.41) is 6.84. The van der Waals surface area contributed by atoms with Gasteiger partial charge in [-0.15, -0.1) is 0 Å². The van der Waals surface area contributed by atoms with Crippen LogP contribution in [0, 0.1) is 0 Å².